The molecule has 0 spiro atoms. The van der Waals surface area contributed by atoms with Crippen molar-refractivity contribution in [3.63, 3.8) is 0 Å². The Morgan fingerprint density at radius 1 is 1.06 bits per heavy atom. The molecule has 1 fully saturated rings. The minimum absolute atomic E-state index is 0.0120. The largest absolute Gasteiger partial charge is 0.488 e. The van der Waals surface area contributed by atoms with E-state index in [4.69, 9.17) is 32.4 Å². The number of likely N-dealkylation sites (tertiary alicyclic amines) is 1. The molecule has 3 aromatic rings. The zero-order valence-electron chi connectivity index (χ0n) is 17.9. The molecule has 0 bridgehead atoms. The van der Waals surface area contributed by atoms with Crippen LogP contribution in [-0.2, 0) is 17.9 Å². The van der Waals surface area contributed by atoms with E-state index in [9.17, 15) is 9.59 Å². The van der Waals surface area contributed by atoms with Gasteiger partial charge < -0.3 is 19.4 Å². The van der Waals surface area contributed by atoms with Crippen LogP contribution in [0, 0.1) is 5.92 Å². The van der Waals surface area contributed by atoms with Crippen LogP contribution >= 0.6 is 23.2 Å². The summed E-state index contributed by atoms with van der Waals surface area (Å²) >= 11 is 12.2. The fourth-order valence-corrected chi connectivity index (χ4v) is 4.27. The molecule has 2 aromatic carbocycles. The molecule has 0 unspecified atom stereocenters. The van der Waals surface area contributed by atoms with Crippen molar-refractivity contribution >= 4 is 35.0 Å². The minimum atomic E-state index is -0.123. The summed E-state index contributed by atoms with van der Waals surface area (Å²) in [6.45, 7) is 1.61. The summed E-state index contributed by atoms with van der Waals surface area (Å²) in [5.41, 5.74) is 1.27. The summed E-state index contributed by atoms with van der Waals surface area (Å²) in [7, 11) is 0. The van der Waals surface area contributed by atoms with E-state index in [1.807, 2.05) is 18.2 Å². The van der Waals surface area contributed by atoms with Crippen LogP contribution in [0.5, 0.6) is 5.75 Å². The number of rotatable bonds is 7. The Labute approximate surface area is 202 Å². The van der Waals surface area contributed by atoms with E-state index in [0.717, 1.165) is 5.56 Å². The maximum absolute atomic E-state index is 13.2. The number of hydrogen-bond donors (Lipinski definition) is 1. The van der Waals surface area contributed by atoms with Crippen LogP contribution in [0.4, 0.5) is 0 Å². The van der Waals surface area contributed by atoms with E-state index >= 15 is 0 Å². The van der Waals surface area contributed by atoms with Gasteiger partial charge in [0.05, 0.1) is 18.4 Å². The number of carbonyl (C=O) groups is 2. The summed E-state index contributed by atoms with van der Waals surface area (Å²) in [6, 6.07) is 16.0. The number of hydrogen-bond acceptors (Lipinski definition) is 4. The first-order valence-corrected chi connectivity index (χ1v) is 11.5. The molecule has 0 atom stereocenters. The van der Waals surface area contributed by atoms with Gasteiger partial charge in [0.2, 0.25) is 5.91 Å². The summed E-state index contributed by atoms with van der Waals surface area (Å²) in [5, 5.41) is 3.97. The number of para-hydroxylation sites is 1. The molecule has 1 saturated heterocycles. The minimum Gasteiger partial charge on any atom is -0.488 e. The van der Waals surface area contributed by atoms with Crippen molar-refractivity contribution in [3.8, 4) is 5.75 Å². The Hall–Kier alpha value is -2.96. The molecule has 1 N–H and O–H groups in total. The lowest BCUT2D eigenvalue weighted by Gasteiger charge is -2.31. The van der Waals surface area contributed by atoms with Gasteiger partial charge in [-0.25, -0.2) is 0 Å². The molecule has 2 heterocycles. The molecule has 4 rings (SSSR count). The molecule has 172 valence electrons. The second-order valence-electron chi connectivity index (χ2n) is 7.88. The van der Waals surface area contributed by atoms with Gasteiger partial charge in [-0.2, -0.15) is 0 Å². The number of furan rings is 1. The topological polar surface area (TPSA) is 71.8 Å². The molecular formula is C25H24Cl2N2O4. The van der Waals surface area contributed by atoms with E-state index < -0.39 is 0 Å². The van der Waals surface area contributed by atoms with Gasteiger partial charge in [-0.15, -0.1) is 0 Å². The van der Waals surface area contributed by atoms with Gasteiger partial charge in [-0.1, -0.05) is 41.4 Å². The van der Waals surface area contributed by atoms with Crippen molar-refractivity contribution in [2.24, 2.45) is 5.92 Å². The smallest absolute Gasteiger partial charge is 0.257 e. The maximum Gasteiger partial charge on any atom is 0.257 e. The van der Waals surface area contributed by atoms with Crippen molar-refractivity contribution in [3.05, 3.63) is 87.8 Å². The quantitative estimate of drug-likeness (QED) is 0.489. The Morgan fingerprint density at radius 3 is 2.58 bits per heavy atom. The molecule has 0 saturated carbocycles. The molecule has 8 heteroatoms. The SMILES string of the molecule is O=C(NCc1ccco1)C1CCN(C(=O)c2ccccc2OCc2ccc(Cl)cc2Cl)CC1. The van der Waals surface area contributed by atoms with E-state index in [1.165, 1.54) is 0 Å². The number of halogens is 2. The number of nitrogens with one attached hydrogen (secondary N) is 1. The van der Waals surface area contributed by atoms with E-state index in [-0.39, 0.29) is 24.3 Å². The van der Waals surface area contributed by atoms with Crippen LogP contribution in [0.15, 0.2) is 65.3 Å². The third kappa shape index (κ3) is 5.89. The monoisotopic (exact) mass is 486 g/mol. The average molecular weight is 487 g/mol. The third-order valence-electron chi connectivity index (χ3n) is 5.69. The Morgan fingerprint density at radius 2 is 1.85 bits per heavy atom. The fraction of sp³-hybridized carbons (Fsp3) is 0.280. The lowest BCUT2D eigenvalue weighted by atomic mass is 9.95. The van der Waals surface area contributed by atoms with Gasteiger partial charge in [0.15, 0.2) is 0 Å². The Balaban J connectivity index is 1.33. The Kier molecular flexibility index (Phi) is 7.57. The second kappa shape index (κ2) is 10.8. The van der Waals surface area contributed by atoms with Gasteiger partial charge in [0, 0.05) is 34.6 Å². The molecule has 0 radical (unpaired) electrons. The number of benzene rings is 2. The van der Waals surface area contributed by atoms with Crippen molar-refractivity contribution in [1.29, 1.82) is 0 Å². The molecule has 0 aliphatic carbocycles. The predicted molar refractivity (Wildman–Crippen MR) is 126 cm³/mol. The number of ether oxygens (including phenoxy) is 1. The molecular weight excluding hydrogens is 463 g/mol. The first-order valence-electron chi connectivity index (χ1n) is 10.8. The summed E-state index contributed by atoms with van der Waals surface area (Å²) < 4.78 is 11.2. The molecule has 1 aliphatic heterocycles. The lowest BCUT2D eigenvalue weighted by molar-refractivity contribution is -0.126. The van der Waals surface area contributed by atoms with Crippen LogP contribution in [-0.4, -0.2) is 29.8 Å². The van der Waals surface area contributed by atoms with Crippen molar-refractivity contribution in [1.82, 2.24) is 10.2 Å². The van der Waals surface area contributed by atoms with Gasteiger partial charge in [0.25, 0.3) is 5.91 Å². The van der Waals surface area contributed by atoms with Crippen LogP contribution in [0.3, 0.4) is 0 Å². The third-order valence-corrected chi connectivity index (χ3v) is 6.27. The van der Waals surface area contributed by atoms with Crippen LogP contribution in [0.2, 0.25) is 10.0 Å². The van der Waals surface area contributed by atoms with Crippen LogP contribution < -0.4 is 10.1 Å². The number of amides is 2. The molecule has 1 aromatic heterocycles. The lowest BCUT2D eigenvalue weighted by Crippen LogP contribution is -2.43. The van der Waals surface area contributed by atoms with E-state index in [2.05, 4.69) is 5.32 Å². The molecule has 2 amide bonds. The van der Waals surface area contributed by atoms with Crippen LogP contribution in [0.1, 0.15) is 34.5 Å². The zero-order chi connectivity index (χ0) is 23.2. The average Bonchev–Trinajstić information content (AvgIpc) is 3.36. The van der Waals surface area contributed by atoms with Crippen molar-refractivity contribution in [2.45, 2.75) is 26.0 Å². The standard InChI is InChI=1S/C25H24Cl2N2O4/c26-19-8-7-18(22(27)14-19)16-33-23-6-2-1-5-21(23)25(31)29-11-9-17(10-12-29)24(30)28-15-20-4-3-13-32-20/h1-8,13-14,17H,9-12,15-16H2,(H,28,30). The highest BCUT2D eigenvalue weighted by molar-refractivity contribution is 6.35. The zero-order valence-corrected chi connectivity index (χ0v) is 19.4. The van der Waals surface area contributed by atoms with E-state index in [0.29, 0.717) is 59.6 Å². The fourth-order valence-electron chi connectivity index (χ4n) is 3.81. The molecule has 33 heavy (non-hydrogen) atoms. The summed E-state index contributed by atoms with van der Waals surface area (Å²) in [6.07, 6.45) is 2.80. The predicted octanol–water partition coefficient (Wildman–Crippen LogP) is 5.33. The highest BCUT2D eigenvalue weighted by atomic mass is 35.5. The Bertz CT molecular complexity index is 1110. The maximum atomic E-state index is 13.2. The van der Waals surface area contributed by atoms with Crippen LogP contribution in [0.25, 0.3) is 0 Å². The first-order chi connectivity index (χ1) is 16.0. The van der Waals surface area contributed by atoms with Gasteiger partial charge in [0.1, 0.15) is 18.1 Å². The number of piperidine rings is 1. The van der Waals surface area contributed by atoms with Gasteiger partial charge in [-0.3, -0.25) is 9.59 Å². The molecule has 6 nitrogen and oxygen atoms in total. The highest BCUT2D eigenvalue weighted by Gasteiger charge is 2.29. The van der Waals surface area contributed by atoms with Crippen molar-refractivity contribution in [2.75, 3.05) is 13.1 Å². The van der Waals surface area contributed by atoms with E-state index in [1.54, 1.807) is 47.6 Å². The number of nitrogens with zero attached hydrogens (tertiary/aromatic N) is 1. The summed E-state index contributed by atoms with van der Waals surface area (Å²) in [5.74, 6) is 0.964. The second-order valence-corrected chi connectivity index (χ2v) is 8.73. The first kappa shape index (κ1) is 23.2. The van der Waals surface area contributed by atoms with Gasteiger partial charge in [-0.05, 0) is 49.2 Å². The highest BCUT2D eigenvalue weighted by Crippen LogP contribution is 2.27. The number of carbonyl (C=O) groups excluding carboxylic acids is 2. The van der Waals surface area contributed by atoms with Crippen molar-refractivity contribution < 1.29 is 18.7 Å². The van der Waals surface area contributed by atoms with Gasteiger partial charge >= 0.3 is 0 Å². The molecule has 1 aliphatic rings. The normalized spacial score (nSPS) is 14.2. The summed E-state index contributed by atoms with van der Waals surface area (Å²) in [4.78, 5) is 27.4.